The zero-order valence-corrected chi connectivity index (χ0v) is 8.29. The zero-order valence-electron chi connectivity index (χ0n) is 8.29. The maximum atomic E-state index is 10.9. The minimum absolute atomic E-state index is 0.322. The Kier molecular flexibility index (Phi) is 4.40. The van der Waals surface area contributed by atoms with E-state index in [4.69, 9.17) is 5.73 Å². The van der Waals surface area contributed by atoms with Crippen LogP contribution >= 0.6 is 0 Å². The van der Waals surface area contributed by atoms with Gasteiger partial charge < -0.3 is 10.6 Å². The fourth-order valence-corrected chi connectivity index (χ4v) is 0.968. The van der Waals surface area contributed by atoms with E-state index in [0.717, 1.165) is 6.42 Å². The van der Waals surface area contributed by atoms with Gasteiger partial charge in [0, 0.05) is 25.9 Å². The molecule has 0 unspecified atom stereocenters. The third-order valence-corrected chi connectivity index (χ3v) is 1.36. The van der Waals surface area contributed by atoms with Gasteiger partial charge in [0.2, 0.25) is 5.91 Å². The Morgan fingerprint density at radius 3 is 2.25 bits per heavy atom. The van der Waals surface area contributed by atoms with Crippen molar-refractivity contribution in [3.8, 4) is 0 Å². The third-order valence-electron chi connectivity index (χ3n) is 1.36. The van der Waals surface area contributed by atoms with Crippen LogP contribution in [0.25, 0.3) is 0 Å². The molecule has 3 heteroatoms. The first kappa shape index (κ1) is 11.0. The van der Waals surface area contributed by atoms with Gasteiger partial charge in [0.15, 0.2) is 0 Å². The number of hydrogen-bond donors (Lipinski definition) is 1. The molecule has 0 aromatic carbocycles. The highest BCUT2D eigenvalue weighted by atomic mass is 16.1. The molecular formula is C9H18N2O. The maximum Gasteiger partial charge on any atom is 0.246 e. The van der Waals surface area contributed by atoms with E-state index in [2.05, 4.69) is 13.8 Å². The smallest absolute Gasteiger partial charge is 0.246 e. The molecule has 0 spiro atoms. The minimum Gasteiger partial charge on any atom is -0.383 e. The number of hydrogen-bond acceptors (Lipinski definition) is 2. The number of carbonyl (C=O) groups excluding carboxylic acids is 1. The first-order valence-electron chi connectivity index (χ1n) is 4.10. The Hall–Kier alpha value is -0.990. The topological polar surface area (TPSA) is 46.3 Å². The van der Waals surface area contributed by atoms with E-state index < -0.39 is 0 Å². The second-order valence-electron chi connectivity index (χ2n) is 3.58. The van der Waals surface area contributed by atoms with Gasteiger partial charge in [-0.05, 0) is 12.3 Å². The number of rotatable bonds is 4. The van der Waals surface area contributed by atoms with Crippen molar-refractivity contribution in [1.82, 2.24) is 4.90 Å². The van der Waals surface area contributed by atoms with E-state index >= 15 is 0 Å². The molecule has 0 aliphatic heterocycles. The minimum atomic E-state index is -0.322. The Labute approximate surface area is 74.2 Å². The van der Waals surface area contributed by atoms with Crippen LogP contribution in [0, 0.1) is 5.92 Å². The highest BCUT2D eigenvalue weighted by molar-refractivity contribution is 5.91. The quantitative estimate of drug-likeness (QED) is 0.639. The summed E-state index contributed by atoms with van der Waals surface area (Å²) in [4.78, 5) is 12.7. The van der Waals surface area contributed by atoms with Crippen molar-refractivity contribution in [2.45, 2.75) is 20.3 Å². The first-order valence-corrected chi connectivity index (χ1v) is 4.10. The molecule has 0 rings (SSSR count). The first-order chi connectivity index (χ1) is 5.43. The van der Waals surface area contributed by atoms with Crippen LogP contribution < -0.4 is 5.73 Å². The maximum absolute atomic E-state index is 10.9. The summed E-state index contributed by atoms with van der Waals surface area (Å²) in [5.41, 5.74) is 5.89. The molecule has 0 radical (unpaired) electrons. The van der Waals surface area contributed by atoms with Crippen LogP contribution in [0.15, 0.2) is 11.8 Å². The van der Waals surface area contributed by atoms with Gasteiger partial charge in [-0.15, -0.1) is 0 Å². The van der Waals surface area contributed by atoms with Crippen molar-refractivity contribution in [1.29, 1.82) is 0 Å². The van der Waals surface area contributed by atoms with Crippen LogP contribution in [-0.4, -0.2) is 24.9 Å². The summed E-state index contributed by atoms with van der Waals surface area (Å²) in [6.07, 6.45) is 2.52. The molecule has 0 saturated heterocycles. The molecule has 0 atom stereocenters. The molecule has 70 valence electrons. The second-order valence-corrected chi connectivity index (χ2v) is 3.58. The average Bonchev–Trinajstić information content (AvgIpc) is 1.83. The van der Waals surface area contributed by atoms with Crippen molar-refractivity contribution >= 4 is 5.91 Å². The summed E-state index contributed by atoms with van der Waals surface area (Å²) < 4.78 is 0. The summed E-state index contributed by atoms with van der Waals surface area (Å²) in [5, 5.41) is 0. The molecule has 0 aliphatic carbocycles. The Morgan fingerprint density at radius 1 is 1.50 bits per heavy atom. The Morgan fingerprint density at radius 2 is 2.00 bits per heavy atom. The third kappa shape index (κ3) is 4.77. The van der Waals surface area contributed by atoms with Crippen LogP contribution in [0.5, 0.6) is 0 Å². The Bertz CT molecular complexity index is 183. The van der Waals surface area contributed by atoms with Crippen LogP contribution in [0.1, 0.15) is 20.3 Å². The predicted octanol–water partition coefficient (Wildman–Crippen LogP) is 0.963. The fraction of sp³-hybridized carbons (Fsp3) is 0.667. The van der Waals surface area contributed by atoms with Gasteiger partial charge in [0.05, 0.1) is 0 Å². The fourth-order valence-electron chi connectivity index (χ4n) is 0.968. The van der Waals surface area contributed by atoms with Gasteiger partial charge in [-0.2, -0.15) is 0 Å². The van der Waals surface area contributed by atoms with Crippen molar-refractivity contribution in [2.75, 3.05) is 14.1 Å². The predicted molar refractivity (Wildman–Crippen MR) is 50.4 cm³/mol. The molecule has 3 nitrogen and oxygen atoms in total. The van der Waals surface area contributed by atoms with E-state index in [1.807, 2.05) is 19.0 Å². The molecule has 2 N–H and O–H groups in total. The van der Waals surface area contributed by atoms with E-state index in [-0.39, 0.29) is 5.91 Å². The summed E-state index contributed by atoms with van der Waals surface area (Å²) in [5.74, 6) is 0.140. The lowest BCUT2D eigenvalue weighted by atomic mass is 10.0. The zero-order chi connectivity index (χ0) is 9.72. The van der Waals surface area contributed by atoms with Gasteiger partial charge in [0.25, 0.3) is 0 Å². The lowest BCUT2D eigenvalue weighted by Gasteiger charge is -2.10. The molecule has 12 heavy (non-hydrogen) atoms. The number of carbonyl (C=O) groups is 1. The standard InChI is InChI=1S/C9H18N2O/c1-7(2)5-8(9(10)12)6-11(3)4/h6-7H,5H2,1-4H3,(H2,10,12)/b8-6+. The molecular weight excluding hydrogens is 152 g/mol. The van der Waals surface area contributed by atoms with E-state index in [1.54, 1.807) is 6.20 Å². The van der Waals surface area contributed by atoms with Gasteiger partial charge >= 0.3 is 0 Å². The van der Waals surface area contributed by atoms with E-state index in [9.17, 15) is 4.79 Å². The van der Waals surface area contributed by atoms with Crippen LogP contribution in [0.3, 0.4) is 0 Å². The second kappa shape index (κ2) is 4.80. The van der Waals surface area contributed by atoms with Gasteiger partial charge in [0.1, 0.15) is 0 Å². The highest BCUT2D eigenvalue weighted by Gasteiger charge is 2.07. The largest absolute Gasteiger partial charge is 0.383 e. The molecule has 0 aromatic rings. The summed E-state index contributed by atoms with van der Waals surface area (Å²) in [6, 6.07) is 0. The van der Waals surface area contributed by atoms with Gasteiger partial charge in [-0.3, -0.25) is 4.79 Å². The summed E-state index contributed by atoms with van der Waals surface area (Å²) >= 11 is 0. The number of nitrogens with zero attached hydrogens (tertiary/aromatic N) is 1. The molecule has 0 aromatic heterocycles. The molecule has 0 aliphatic rings. The van der Waals surface area contributed by atoms with Gasteiger partial charge in [-0.25, -0.2) is 0 Å². The van der Waals surface area contributed by atoms with Crippen molar-refractivity contribution in [2.24, 2.45) is 11.7 Å². The van der Waals surface area contributed by atoms with Crippen LogP contribution in [0.2, 0.25) is 0 Å². The van der Waals surface area contributed by atoms with E-state index in [1.165, 1.54) is 0 Å². The molecule has 0 heterocycles. The average molecular weight is 170 g/mol. The number of nitrogens with two attached hydrogens (primary N) is 1. The number of amides is 1. The van der Waals surface area contributed by atoms with Crippen LogP contribution in [-0.2, 0) is 4.79 Å². The van der Waals surface area contributed by atoms with Crippen molar-refractivity contribution in [3.05, 3.63) is 11.8 Å². The molecule has 1 amide bonds. The SMILES string of the molecule is CC(C)C/C(=C\N(C)C)C(N)=O. The molecule has 0 saturated carbocycles. The Balaban J connectivity index is 4.34. The number of primary amides is 1. The van der Waals surface area contributed by atoms with E-state index in [0.29, 0.717) is 11.5 Å². The van der Waals surface area contributed by atoms with Crippen molar-refractivity contribution in [3.63, 3.8) is 0 Å². The molecule has 0 fully saturated rings. The molecule has 0 bridgehead atoms. The monoisotopic (exact) mass is 170 g/mol. The normalized spacial score (nSPS) is 11.9. The highest BCUT2D eigenvalue weighted by Crippen LogP contribution is 2.10. The summed E-state index contributed by atoms with van der Waals surface area (Å²) in [6.45, 7) is 4.12. The van der Waals surface area contributed by atoms with Gasteiger partial charge in [-0.1, -0.05) is 13.8 Å². The lowest BCUT2D eigenvalue weighted by Crippen LogP contribution is -2.18. The van der Waals surface area contributed by atoms with Crippen LogP contribution in [0.4, 0.5) is 0 Å². The summed E-state index contributed by atoms with van der Waals surface area (Å²) in [7, 11) is 3.76. The van der Waals surface area contributed by atoms with Crippen molar-refractivity contribution < 1.29 is 4.79 Å². The lowest BCUT2D eigenvalue weighted by molar-refractivity contribution is -0.114.